The first-order chi connectivity index (χ1) is 36.6. The van der Waals surface area contributed by atoms with E-state index in [1.54, 1.807) is 0 Å². The number of esters is 2. The molecule has 0 aliphatic rings. The molecule has 0 aromatic rings. The molecule has 9 nitrogen and oxygen atoms in total. The molecule has 0 rings (SSSR count). The minimum atomic E-state index is -1.62. The smallest absolute Gasteiger partial charge is 0.306 e. The van der Waals surface area contributed by atoms with E-state index in [-0.39, 0.29) is 32.2 Å². The fourth-order valence-electron chi connectivity index (χ4n) is 9.95. The van der Waals surface area contributed by atoms with E-state index < -0.39 is 24.3 Å². The highest BCUT2D eigenvalue weighted by atomic mass is 16.7. The fourth-order valence-corrected chi connectivity index (χ4v) is 9.95. The first-order valence-electron chi connectivity index (χ1n) is 32.8. The second kappa shape index (κ2) is 58.2. The Morgan fingerprint density at radius 2 is 0.680 bits per heavy atom. The van der Waals surface area contributed by atoms with Gasteiger partial charge in [0.1, 0.15) is 13.2 Å². The summed E-state index contributed by atoms with van der Waals surface area (Å²) in [7, 11) is 5.93. The molecule has 0 N–H and O–H groups in total. The largest absolute Gasteiger partial charge is 0.545 e. The third kappa shape index (κ3) is 59.5. The lowest BCUT2D eigenvalue weighted by Crippen LogP contribution is -2.44. The number of carboxylic acid groups (broad SMARTS) is 1. The maximum Gasteiger partial charge on any atom is 0.306 e. The van der Waals surface area contributed by atoms with Crippen molar-refractivity contribution < 1.29 is 42.9 Å². The highest BCUT2D eigenvalue weighted by Gasteiger charge is 2.22. The van der Waals surface area contributed by atoms with Crippen LogP contribution in [0.3, 0.4) is 0 Å². The van der Waals surface area contributed by atoms with Crippen LogP contribution in [0.15, 0.2) is 12.2 Å². The number of carboxylic acids is 1. The standard InChI is InChI=1S/C66H127NO8/c1-6-8-10-12-14-16-18-20-21-22-23-24-25-26-27-28-29-30-31-32-33-34-35-36-37-38-39-40-41-42-43-44-45-47-48-50-52-54-56-63(68)73-60-62(61-74-66(65(70)71)72-59-58-67(3,4)5)75-64(69)57-55-53-51-49-46-19-17-15-13-11-9-7-2/h15,17,62,66H,6-14,16,18-61H2,1-5H3/b17-15-. The lowest BCUT2D eigenvalue weighted by Gasteiger charge is -2.26. The molecule has 444 valence electrons. The van der Waals surface area contributed by atoms with Crippen molar-refractivity contribution in [2.75, 3.05) is 47.5 Å². The predicted octanol–water partition coefficient (Wildman–Crippen LogP) is 18.4. The van der Waals surface area contributed by atoms with Gasteiger partial charge in [-0.1, -0.05) is 296 Å². The number of unbranched alkanes of at least 4 members (excludes halogenated alkanes) is 45. The topological polar surface area (TPSA) is 111 Å². The molecule has 0 radical (unpaired) electrons. The van der Waals surface area contributed by atoms with Crippen LogP contribution in [0.1, 0.15) is 335 Å². The molecular weight excluding hydrogens is 935 g/mol. The maximum absolute atomic E-state index is 12.8. The van der Waals surface area contributed by atoms with Gasteiger partial charge in [0.25, 0.3) is 0 Å². The Balaban J connectivity index is 3.85. The molecule has 0 aliphatic carbocycles. The Morgan fingerprint density at radius 3 is 1.01 bits per heavy atom. The van der Waals surface area contributed by atoms with Crippen LogP contribution < -0.4 is 5.11 Å². The highest BCUT2D eigenvalue weighted by molar-refractivity contribution is 5.70. The van der Waals surface area contributed by atoms with Gasteiger partial charge in [0.2, 0.25) is 0 Å². The van der Waals surface area contributed by atoms with Gasteiger partial charge in [-0.3, -0.25) is 9.59 Å². The van der Waals surface area contributed by atoms with Crippen LogP contribution in [0.25, 0.3) is 0 Å². The summed E-state index contributed by atoms with van der Waals surface area (Å²) < 4.78 is 22.7. The summed E-state index contributed by atoms with van der Waals surface area (Å²) in [4.78, 5) is 37.2. The van der Waals surface area contributed by atoms with Crippen LogP contribution in [0.4, 0.5) is 0 Å². The number of quaternary nitrogens is 1. The average molecular weight is 1060 g/mol. The van der Waals surface area contributed by atoms with Crippen LogP contribution in [0.2, 0.25) is 0 Å². The lowest BCUT2D eigenvalue weighted by molar-refractivity contribution is -0.870. The number of carbonyl (C=O) groups is 3. The SMILES string of the molecule is CCCCC/C=C\CCCCCCCC(=O)OC(COC(=O)CCCCCCCCCCCCCCCCCCCCCCCCCCCCCCCCCCCCCCCC)COC(OCC[N+](C)(C)C)C(=O)[O-]. The van der Waals surface area contributed by atoms with Crippen LogP contribution in [0, 0.1) is 0 Å². The number of rotatable bonds is 62. The summed E-state index contributed by atoms with van der Waals surface area (Å²) in [5.74, 6) is -2.27. The second-order valence-corrected chi connectivity index (χ2v) is 23.8. The van der Waals surface area contributed by atoms with Gasteiger partial charge in [0, 0.05) is 12.8 Å². The number of hydrogen-bond donors (Lipinski definition) is 0. The predicted molar refractivity (Wildman–Crippen MR) is 316 cm³/mol. The van der Waals surface area contributed by atoms with Gasteiger partial charge in [-0.25, -0.2) is 0 Å². The van der Waals surface area contributed by atoms with Crippen LogP contribution >= 0.6 is 0 Å². The molecular formula is C66H127NO8. The maximum atomic E-state index is 12.8. The first kappa shape index (κ1) is 73.0. The Hall–Kier alpha value is -1.97. The number of ether oxygens (including phenoxy) is 4. The lowest BCUT2D eigenvalue weighted by atomic mass is 10.0. The van der Waals surface area contributed by atoms with Crippen molar-refractivity contribution in [2.24, 2.45) is 0 Å². The third-order valence-electron chi connectivity index (χ3n) is 15.0. The molecule has 0 saturated carbocycles. The van der Waals surface area contributed by atoms with E-state index in [4.69, 9.17) is 18.9 Å². The molecule has 2 unspecified atom stereocenters. The van der Waals surface area contributed by atoms with E-state index >= 15 is 0 Å². The van der Waals surface area contributed by atoms with Crippen molar-refractivity contribution in [1.82, 2.24) is 0 Å². The molecule has 0 fully saturated rings. The van der Waals surface area contributed by atoms with Crippen molar-refractivity contribution in [2.45, 2.75) is 347 Å². The summed E-state index contributed by atoms with van der Waals surface area (Å²) in [6.07, 6.45) is 66.1. The van der Waals surface area contributed by atoms with Gasteiger partial charge in [0.15, 0.2) is 12.4 Å². The van der Waals surface area contributed by atoms with Crippen molar-refractivity contribution >= 4 is 17.9 Å². The van der Waals surface area contributed by atoms with E-state index in [0.29, 0.717) is 23.9 Å². The third-order valence-corrected chi connectivity index (χ3v) is 15.0. The summed E-state index contributed by atoms with van der Waals surface area (Å²) in [5, 5.41) is 11.7. The van der Waals surface area contributed by atoms with E-state index in [2.05, 4.69) is 26.0 Å². The average Bonchev–Trinajstić information content (AvgIpc) is 3.38. The zero-order chi connectivity index (χ0) is 54.8. The van der Waals surface area contributed by atoms with Gasteiger partial charge in [0.05, 0.1) is 40.3 Å². The number of aliphatic carboxylic acids is 1. The molecule has 0 aromatic carbocycles. The molecule has 0 aliphatic heterocycles. The van der Waals surface area contributed by atoms with Crippen molar-refractivity contribution in [3.8, 4) is 0 Å². The zero-order valence-corrected chi connectivity index (χ0v) is 50.7. The summed E-state index contributed by atoms with van der Waals surface area (Å²) in [6.45, 7) is 4.76. The minimum Gasteiger partial charge on any atom is -0.545 e. The minimum absolute atomic E-state index is 0.149. The van der Waals surface area contributed by atoms with Crippen molar-refractivity contribution in [1.29, 1.82) is 0 Å². The Labute approximate surface area is 465 Å². The van der Waals surface area contributed by atoms with Gasteiger partial charge < -0.3 is 33.3 Å². The normalized spacial score (nSPS) is 12.7. The van der Waals surface area contributed by atoms with Crippen molar-refractivity contribution in [3.63, 3.8) is 0 Å². The molecule has 0 heterocycles. The number of carbonyl (C=O) groups excluding carboxylic acids is 3. The van der Waals surface area contributed by atoms with E-state index in [0.717, 1.165) is 51.4 Å². The number of hydrogen-bond acceptors (Lipinski definition) is 8. The fraction of sp³-hybridized carbons (Fsp3) is 0.924. The first-order valence-corrected chi connectivity index (χ1v) is 32.8. The molecule has 0 saturated heterocycles. The van der Waals surface area contributed by atoms with Crippen LogP contribution in [0.5, 0.6) is 0 Å². The molecule has 2 atom stereocenters. The number of nitrogens with zero attached hydrogens (tertiary/aromatic N) is 1. The second-order valence-electron chi connectivity index (χ2n) is 23.8. The van der Waals surface area contributed by atoms with Gasteiger partial charge in [-0.05, 0) is 38.5 Å². The molecule has 0 spiro atoms. The zero-order valence-electron chi connectivity index (χ0n) is 50.7. The molecule has 9 heteroatoms. The van der Waals surface area contributed by atoms with Gasteiger partial charge >= 0.3 is 11.9 Å². The quantitative estimate of drug-likeness (QED) is 0.0195. The molecule has 0 bridgehead atoms. The Bertz CT molecular complexity index is 1240. The van der Waals surface area contributed by atoms with Crippen LogP contribution in [-0.2, 0) is 33.3 Å². The van der Waals surface area contributed by atoms with E-state index in [1.807, 2.05) is 21.1 Å². The number of likely N-dealkylation sites (N-methyl/N-ethyl adjacent to an activating group) is 1. The van der Waals surface area contributed by atoms with Crippen LogP contribution in [-0.4, -0.2) is 82.3 Å². The van der Waals surface area contributed by atoms with E-state index in [1.165, 1.54) is 250 Å². The summed E-state index contributed by atoms with van der Waals surface area (Å²) in [5.41, 5.74) is 0. The summed E-state index contributed by atoms with van der Waals surface area (Å²) >= 11 is 0. The molecule has 75 heavy (non-hydrogen) atoms. The monoisotopic (exact) mass is 1060 g/mol. The molecule has 0 amide bonds. The molecule has 0 aromatic heterocycles. The van der Waals surface area contributed by atoms with Gasteiger partial charge in [-0.2, -0.15) is 0 Å². The summed E-state index contributed by atoms with van der Waals surface area (Å²) in [6, 6.07) is 0. The van der Waals surface area contributed by atoms with Gasteiger partial charge in [-0.15, -0.1) is 0 Å². The Kier molecular flexibility index (Phi) is 56.7. The highest BCUT2D eigenvalue weighted by Crippen LogP contribution is 2.19. The van der Waals surface area contributed by atoms with E-state index in [9.17, 15) is 19.5 Å². The van der Waals surface area contributed by atoms with Crippen molar-refractivity contribution in [3.05, 3.63) is 12.2 Å². The number of allylic oxidation sites excluding steroid dienone is 2. The Morgan fingerprint density at radius 1 is 0.387 bits per heavy atom.